The summed E-state index contributed by atoms with van der Waals surface area (Å²) in [5.41, 5.74) is 7.13. The number of hydrogen-bond donors (Lipinski definition) is 2. The van der Waals surface area contributed by atoms with Crippen LogP contribution in [0.5, 0.6) is 5.75 Å². The Kier molecular flexibility index (Phi) is 7.99. The van der Waals surface area contributed by atoms with Gasteiger partial charge in [-0.3, -0.25) is 0 Å². The molecule has 1 heterocycles. The molecule has 2 aromatic rings. The van der Waals surface area contributed by atoms with Crippen molar-refractivity contribution in [2.24, 2.45) is 5.73 Å². The highest BCUT2D eigenvalue weighted by Gasteiger charge is 2.07. The van der Waals surface area contributed by atoms with Crippen molar-refractivity contribution >= 4 is 17.1 Å². The highest BCUT2D eigenvalue weighted by molar-refractivity contribution is 5.76. The van der Waals surface area contributed by atoms with E-state index in [-0.39, 0.29) is 13.2 Å². The van der Waals surface area contributed by atoms with Crippen molar-refractivity contribution in [2.45, 2.75) is 27.2 Å². The van der Waals surface area contributed by atoms with E-state index in [1.165, 1.54) is 0 Å². The summed E-state index contributed by atoms with van der Waals surface area (Å²) in [6, 6.07) is 5.78. The maximum Gasteiger partial charge on any atom is 0.295 e. The molecular weight excluding hydrogens is 285 g/mol. The first kappa shape index (κ1) is 18.0. The third-order valence-corrected chi connectivity index (χ3v) is 2.73. The molecule has 0 fully saturated rings. The van der Waals surface area contributed by atoms with Crippen molar-refractivity contribution in [3.63, 3.8) is 0 Å². The number of hydrogen-bond acceptors (Lipinski definition) is 5. The molecule has 122 valence electrons. The molecule has 0 bridgehead atoms. The van der Waals surface area contributed by atoms with Gasteiger partial charge in [-0.1, -0.05) is 20.8 Å². The first-order chi connectivity index (χ1) is 10.8. The third kappa shape index (κ3) is 5.04. The van der Waals surface area contributed by atoms with Gasteiger partial charge in [-0.25, -0.2) is 4.39 Å². The molecule has 3 N–H and O–H groups in total. The summed E-state index contributed by atoms with van der Waals surface area (Å²) in [6.07, 6.45) is 1.46. The van der Waals surface area contributed by atoms with E-state index in [2.05, 4.69) is 17.2 Å². The first-order valence-electron chi connectivity index (χ1n) is 7.52. The van der Waals surface area contributed by atoms with E-state index in [4.69, 9.17) is 14.9 Å². The second-order valence-electron chi connectivity index (χ2n) is 4.34. The van der Waals surface area contributed by atoms with Gasteiger partial charge < -0.3 is 20.2 Å². The molecule has 0 saturated heterocycles. The zero-order valence-electron chi connectivity index (χ0n) is 13.4. The molecule has 0 aliphatic rings. The van der Waals surface area contributed by atoms with Crippen LogP contribution in [0.3, 0.4) is 0 Å². The zero-order chi connectivity index (χ0) is 16.4. The van der Waals surface area contributed by atoms with Crippen LogP contribution < -0.4 is 15.8 Å². The number of rotatable bonds is 7. The van der Waals surface area contributed by atoms with E-state index < -0.39 is 0 Å². The van der Waals surface area contributed by atoms with E-state index in [0.29, 0.717) is 29.3 Å². The monoisotopic (exact) mass is 309 g/mol. The predicted molar refractivity (Wildman–Crippen MR) is 87.9 cm³/mol. The molecule has 0 radical (unpaired) electrons. The summed E-state index contributed by atoms with van der Waals surface area (Å²) in [5, 5.41) is 3.08. The average Bonchev–Trinajstić information content (AvgIpc) is 2.97. The molecule has 1 aromatic heterocycles. The molecule has 0 atom stereocenters. The zero-order valence-corrected chi connectivity index (χ0v) is 13.4. The fourth-order valence-electron chi connectivity index (χ4n) is 1.61. The van der Waals surface area contributed by atoms with E-state index in [0.717, 1.165) is 18.5 Å². The standard InChI is InChI=1S/C14H18FN3O2.C2H6/c1-2-5-17-14-18-12-4-3-11(6-13(12)20-14)19-9-10(7-15)8-16;1-2/h3-4,6-7H,2,5,8-9,16H2,1H3,(H,17,18);1-2H3/b10-7+;. The van der Waals surface area contributed by atoms with Crippen molar-refractivity contribution in [3.05, 3.63) is 30.1 Å². The van der Waals surface area contributed by atoms with Crippen molar-refractivity contribution in [3.8, 4) is 5.75 Å². The quantitative estimate of drug-likeness (QED) is 0.812. The number of fused-ring (bicyclic) bond motifs is 1. The van der Waals surface area contributed by atoms with E-state index in [9.17, 15) is 4.39 Å². The van der Waals surface area contributed by atoms with E-state index in [1.807, 2.05) is 13.8 Å². The molecule has 5 nitrogen and oxygen atoms in total. The maximum absolute atomic E-state index is 12.4. The van der Waals surface area contributed by atoms with Gasteiger partial charge in [0.25, 0.3) is 6.01 Å². The number of ether oxygens (including phenoxy) is 1. The number of nitrogens with two attached hydrogens (primary N) is 1. The molecule has 0 amide bonds. The van der Waals surface area contributed by atoms with E-state index in [1.54, 1.807) is 18.2 Å². The van der Waals surface area contributed by atoms with Gasteiger partial charge in [0.2, 0.25) is 0 Å². The number of nitrogens with zero attached hydrogens (tertiary/aromatic N) is 1. The van der Waals surface area contributed by atoms with Crippen LogP contribution in [-0.4, -0.2) is 24.7 Å². The minimum Gasteiger partial charge on any atom is -0.489 e. The summed E-state index contributed by atoms with van der Waals surface area (Å²) in [6.45, 7) is 7.12. The lowest BCUT2D eigenvalue weighted by molar-refractivity contribution is 0.347. The Morgan fingerprint density at radius 3 is 2.86 bits per heavy atom. The highest BCUT2D eigenvalue weighted by Crippen LogP contribution is 2.24. The molecule has 0 aliphatic heterocycles. The number of benzene rings is 1. The fourth-order valence-corrected chi connectivity index (χ4v) is 1.61. The van der Waals surface area contributed by atoms with Gasteiger partial charge in [0.15, 0.2) is 5.58 Å². The number of nitrogens with one attached hydrogen (secondary N) is 1. The highest BCUT2D eigenvalue weighted by atomic mass is 19.1. The summed E-state index contributed by atoms with van der Waals surface area (Å²) < 4.78 is 23.4. The second kappa shape index (κ2) is 9.78. The lowest BCUT2D eigenvalue weighted by Gasteiger charge is -2.06. The Morgan fingerprint density at radius 1 is 1.45 bits per heavy atom. The Hall–Kier alpha value is -2.08. The Morgan fingerprint density at radius 2 is 2.23 bits per heavy atom. The van der Waals surface area contributed by atoms with Gasteiger partial charge in [-0.15, -0.1) is 0 Å². The van der Waals surface area contributed by atoms with Gasteiger partial charge in [-0.05, 0) is 18.6 Å². The first-order valence-corrected chi connectivity index (χ1v) is 7.52. The molecule has 6 heteroatoms. The maximum atomic E-state index is 12.4. The molecule has 0 spiro atoms. The van der Waals surface area contributed by atoms with Crippen LogP contribution in [0.15, 0.2) is 34.5 Å². The summed E-state index contributed by atoms with van der Waals surface area (Å²) in [5.74, 6) is 0.587. The lowest BCUT2D eigenvalue weighted by atomic mass is 10.3. The smallest absolute Gasteiger partial charge is 0.295 e. The Balaban J connectivity index is 0.00000116. The lowest BCUT2D eigenvalue weighted by Crippen LogP contribution is -2.10. The van der Waals surface area contributed by atoms with Crippen LogP contribution in [0.1, 0.15) is 27.2 Å². The molecule has 22 heavy (non-hydrogen) atoms. The van der Waals surface area contributed by atoms with Crippen molar-refractivity contribution in [2.75, 3.05) is 25.0 Å². The van der Waals surface area contributed by atoms with Crippen LogP contribution in [0.25, 0.3) is 11.1 Å². The fraction of sp³-hybridized carbons (Fsp3) is 0.438. The van der Waals surface area contributed by atoms with Crippen LogP contribution >= 0.6 is 0 Å². The number of halogens is 1. The minimum atomic E-state index is 0.119. The van der Waals surface area contributed by atoms with E-state index >= 15 is 0 Å². The predicted octanol–water partition coefficient (Wildman–Crippen LogP) is 3.87. The number of aromatic nitrogens is 1. The van der Waals surface area contributed by atoms with Gasteiger partial charge in [0.05, 0.1) is 6.33 Å². The number of oxazole rings is 1. The van der Waals surface area contributed by atoms with Crippen molar-refractivity contribution in [1.29, 1.82) is 0 Å². The molecule has 0 saturated carbocycles. The Labute approximate surface area is 130 Å². The van der Waals surface area contributed by atoms with Crippen molar-refractivity contribution in [1.82, 2.24) is 4.98 Å². The van der Waals surface area contributed by atoms with Gasteiger partial charge in [-0.2, -0.15) is 4.98 Å². The van der Waals surface area contributed by atoms with Gasteiger partial charge in [0.1, 0.15) is 17.9 Å². The van der Waals surface area contributed by atoms with Gasteiger partial charge >= 0.3 is 0 Å². The van der Waals surface area contributed by atoms with Gasteiger partial charge in [0, 0.05) is 24.7 Å². The average molecular weight is 309 g/mol. The second-order valence-corrected chi connectivity index (χ2v) is 4.34. The van der Waals surface area contributed by atoms with Crippen LogP contribution in [0, 0.1) is 0 Å². The SMILES string of the molecule is CC.CCCNc1nc2ccc(OC/C(=C/F)CN)cc2o1. The number of anilines is 1. The van der Waals surface area contributed by atoms with Crippen molar-refractivity contribution < 1.29 is 13.5 Å². The molecular formula is C16H24FN3O2. The van der Waals surface area contributed by atoms with Crippen LogP contribution in [0.4, 0.5) is 10.4 Å². The minimum absolute atomic E-state index is 0.119. The molecule has 0 aliphatic carbocycles. The normalized spacial score (nSPS) is 11.0. The summed E-state index contributed by atoms with van der Waals surface area (Å²) >= 11 is 0. The topological polar surface area (TPSA) is 73.3 Å². The molecule has 0 unspecified atom stereocenters. The Bertz CT molecular complexity index is 596. The molecule has 2 rings (SSSR count). The largest absolute Gasteiger partial charge is 0.489 e. The molecule has 1 aromatic carbocycles. The third-order valence-electron chi connectivity index (χ3n) is 2.73. The summed E-state index contributed by atoms with van der Waals surface area (Å²) in [7, 11) is 0. The van der Waals surface area contributed by atoms with Crippen LogP contribution in [-0.2, 0) is 0 Å². The summed E-state index contributed by atoms with van der Waals surface area (Å²) in [4.78, 5) is 4.29. The van der Waals surface area contributed by atoms with Crippen LogP contribution in [0.2, 0.25) is 0 Å².